The number of hydrogen-bond donors (Lipinski definition) is 0. The molecule has 0 amide bonds. The molecule has 1 fully saturated rings. The summed E-state index contributed by atoms with van der Waals surface area (Å²) in [6.45, 7) is 4.23. The molecule has 0 N–H and O–H groups in total. The largest absolute Gasteiger partial charge is 0.457 e. The summed E-state index contributed by atoms with van der Waals surface area (Å²) in [5, 5.41) is 0.461. The molecular formula is C29H29F2N3O2. The van der Waals surface area contributed by atoms with Crippen molar-refractivity contribution in [2.45, 2.75) is 26.3 Å². The SMILES string of the molecule is Cc1ccccc1-c1nc2ccc(Oc3ccc(F)cc3)cc2c(=O)n1CC1CCCN(CCF)C1. The van der Waals surface area contributed by atoms with Gasteiger partial charge in [0.25, 0.3) is 5.56 Å². The van der Waals surface area contributed by atoms with Gasteiger partial charge in [0.2, 0.25) is 0 Å². The van der Waals surface area contributed by atoms with Crippen molar-refractivity contribution < 1.29 is 13.5 Å². The third kappa shape index (κ3) is 5.16. The predicted octanol–water partition coefficient (Wildman–Crippen LogP) is 5.98. The Balaban J connectivity index is 1.57. The van der Waals surface area contributed by atoms with Gasteiger partial charge >= 0.3 is 0 Å². The molecule has 36 heavy (non-hydrogen) atoms. The topological polar surface area (TPSA) is 47.4 Å². The second-order valence-electron chi connectivity index (χ2n) is 9.40. The Hall–Kier alpha value is -3.58. The Kier molecular flexibility index (Phi) is 7.09. The molecule has 0 saturated carbocycles. The molecular weight excluding hydrogens is 460 g/mol. The highest BCUT2D eigenvalue weighted by Gasteiger charge is 2.23. The average Bonchev–Trinajstić information content (AvgIpc) is 2.88. The van der Waals surface area contributed by atoms with Gasteiger partial charge in [-0.15, -0.1) is 0 Å². The van der Waals surface area contributed by atoms with Crippen LogP contribution in [0.3, 0.4) is 0 Å². The van der Waals surface area contributed by atoms with Gasteiger partial charge in [0, 0.05) is 25.2 Å². The fourth-order valence-electron chi connectivity index (χ4n) is 4.98. The van der Waals surface area contributed by atoms with Crippen LogP contribution < -0.4 is 10.3 Å². The molecule has 1 unspecified atom stereocenters. The fourth-order valence-corrected chi connectivity index (χ4v) is 4.98. The van der Waals surface area contributed by atoms with Crippen LogP contribution in [0.2, 0.25) is 0 Å². The Morgan fingerprint density at radius 2 is 1.83 bits per heavy atom. The van der Waals surface area contributed by atoms with Gasteiger partial charge in [-0.25, -0.2) is 13.8 Å². The summed E-state index contributed by atoms with van der Waals surface area (Å²) in [5.74, 6) is 1.49. The number of rotatable bonds is 7. The van der Waals surface area contributed by atoms with E-state index in [0.717, 1.165) is 37.1 Å². The van der Waals surface area contributed by atoms with E-state index in [2.05, 4.69) is 4.90 Å². The van der Waals surface area contributed by atoms with Crippen molar-refractivity contribution in [2.75, 3.05) is 26.3 Å². The maximum absolute atomic E-state index is 13.9. The minimum absolute atomic E-state index is 0.134. The number of halogens is 2. The first kappa shape index (κ1) is 24.1. The molecule has 0 aliphatic carbocycles. The summed E-state index contributed by atoms with van der Waals surface area (Å²) in [4.78, 5) is 21.0. The van der Waals surface area contributed by atoms with E-state index in [9.17, 15) is 13.6 Å². The lowest BCUT2D eigenvalue weighted by Gasteiger charge is -2.32. The molecule has 1 aromatic heterocycles. The number of ether oxygens (including phenoxy) is 1. The molecule has 1 atom stereocenters. The predicted molar refractivity (Wildman–Crippen MR) is 138 cm³/mol. The summed E-state index contributed by atoms with van der Waals surface area (Å²) in [5.41, 5.74) is 2.41. The van der Waals surface area contributed by atoms with Crippen molar-refractivity contribution in [3.63, 3.8) is 0 Å². The van der Waals surface area contributed by atoms with E-state index in [1.165, 1.54) is 12.1 Å². The zero-order valence-electron chi connectivity index (χ0n) is 20.3. The van der Waals surface area contributed by atoms with Crippen molar-refractivity contribution >= 4 is 10.9 Å². The standard InChI is InChI=1S/C29H29F2N3O2/c1-20-5-2-3-7-25(20)28-32-27-13-12-24(36-23-10-8-22(31)9-11-23)17-26(27)29(35)34(28)19-21-6-4-15-33(18-21)16-14-30/h2-3,5,7-13,17,21H,4,6,14-16,18-19H2,1H3. The zero-order chi connectivity index (χ0) is 25.1. The maximum Gasteiger partial charge on any atom is 0.261 e. The summed E-state index contributed by atoms with van der Waals surface area (Å²) in [6, 6.07) is 18.9. The minimum Gasteiger partial charge on any atom is -0.457 e. The molecule has 0 spiro atoms. The van der Waals surface area contributed by atoms with Crippen LogP contribution >= 0.6 is 0 Å². The zero-order valence-corrected chi connectivity index (χ0v) is 20.3. The summed E-state index contributed by atoms with van der Waals surface area (Å²) in [7, 11) is 0. The van der Waals surface area contributed by atoms with E-state index in [4.69, 9.17) is 9.72 Å². The summed E-state index contributed by atoms with van der Waals surface area (Å²) < 4.78 is 33.9. The van der Waals surface area contributed by atoms with Crippen LogP contribution in [0.15, 0.2) is 71.5 Å². The maximum atomic E-state index is 13.9. The molecule has 1 saturated heterocycles. The van der Waals surface area contributed by atoms with Crippen LogP contribution in [0.25, 0.3) is 22.3 Å². The van der Waals surface area contributed by atoms with Crippen molar-refractivity contribution in [3.05, 3.63) is 88.5 Å². The number of hydrogen-bond acceptors (Lipinski definition) is 4. The first-order valence-corrected chi connectivity index (χ1v) is 12.3. The second-order valence-corrected chi connectivity index (χ2v) is 9.40. The molecule has 5 nitrogen and oxygen atoms in total. The average molecular weight is 490 g/mol. The number of nitrogens with zero attached hydrogens (tertiary/aromatic N) is 3. The summed E-state index contributed by atoms with van der Waals surface area (Å²) >= 11 is 0. The van der Waals surface area contributed by atoms with Crippen LogP contribution in [0, 0.1) is 18.7 Å². The van der Waals surface area contributed by atoms with E-state index < -0.39 is 0 Å². The van der Waals surface area contributed by atoms with E-state index >= 15 is 0 Å². The van der Waals surface area contributed by atoms with Crippen LogP contribution in [0.1, 0.15) is 18.4 Å². The quantitative estimate of drug-likeness (QED) is 0.320. The van der Waals surface area contributed by atoms with Gasteiger partial charge in [-0.05, 0) is 80.3 Å². The van der Waals surface area contributed by atoms with Crippen LogP contribution in [0.4, 0.5) is 8.78 Å². The molecule has 186 valence electrons. The Labute approximate surface area is 209 Å². The van der Waals surface area contributed by atoms with Gasteiger partial charge in [-0.2, -0.15) is 0 Å². The van der Waals surface area contributed by atoms with Crippen LogP contribution in [-0.2, 0) is 6.54 Å². The number of benzene rings is 3. The smallest absolute Gasteiger partial charge is 0.261 e. The first-order valence-electron chi connectivity index (χ1n) is 12.3. The van der Waals surface area contributed by atoms with E-state index in [1.54, 1.807) is 34.9 Å². The van der Waals surface area contributed by atoms with Crippen LogP contribution in [-0.4, -0.2) is 40.8 Å². The Morgan fingerprint density at radius 1 is 1.06 bits per heavy atom. The number of alkyl halides is 1. The summed E-state index contributed by atoms with van der Waals surface area (Å²) in [6.07, 6.45) is 1.96. The van der Waals surface area contributed by atoms with Gasteiger partial charge in [0.1, 0.15) is 29.8 Å². The van der Waals surface area contributed by atoms with Gasteiger partial charge < -0.3 is 9.64 Å². The van der Waals surface area contributed by atoms with Gasteiger partial charge in [0.05, 0.1) is 10.9 Å². The monoisotopic (exact) mass is 489 g/mol. The van der Waals surface area contributed by atoms with Gasteiger partial charge in [0.15, 0.2) is 0 Å². The van der Waals surface area contributed by atoms with Crippen molar-refractivity contribution in [1.82, 2.24) is 14.5 Å². The molecule has 0 radical (unpaired) electrons. The third-order valence-electron chi connectivity index (χ3n) is 6.81. The molecule has 1 aliphatic heterocycles. The second kappa shape index (κ2) is 10.6. The molecule has 5 rings (SSSR count). The van der Waals surface area contributed by atoms with Gasteiger partial charge in [-0.1, -0.05) is 24.3 Å². The highest BCUT2D eigenvalue weighted by molar-refractivity contribution is 5.81. The van der Waals surface area contributed by atoms with Crippen molar-refractivity contribution in [3.8, 4) is 22.9 Å². The van der Waals surface area contributed by atoms with Gasteiger partial charge in [-0.3, -0.25) is 9.36 Å². The molecule has 1 aliphatic rings. The number of likely N-dealkylation sites (tertiary alicyclic amines) is 1. The fraction of sp³-hybridized carbons (Fsp3) is 0.310. The number of aryl methyl sites for hydroxylation is 1. The van der Waals surface area contributed by atoms with E-state index in [-0.39, 0.29) is 24.0 Å². The number of aromatic nitrogens is 2. The lowest BCUT2D eigenvalue weighted by molar-refractivity contribution is 0.152. The molecule has 2 heterocycles. The Morgan fingerprint density at radius 3 is 2.61 bits per heavy atom. The molecule has 7 heteroatoms. The minimum atomic E-state index is -0.366. The number of fused-ring (bicyclic) bond motifs is 1. The van der Waals surface area contributed by atoms with E-state index in [0.29, 0.717) is 41.3 Å². The van der Waals surface area contributed by atoms with Crippen molar-refractivity contribution in [1.29, 1.82) is 0 Å². The Bertz CT molecular complexity index is 1420. The highest BCUT2D eigenvalue weighted by atomic mass is 19.1. The normalized spacial score (nSPS) is 16.4. The first-order chi connectivity index (χ1) is 17.5. The molecule has 4 aromatic rings. The highest BCUT2D eigenvalue weighted by Crippen LogP contribution is 2.28. The van der Waals surface area contributed by atoms with Crippen molar-refractivity contribution in [2.24, 2.45) is 5.92 Å². The molecule has 3 aromatic carbocycles. The lowest BCUT2D eigenvalue weighted by Crippen LogP contribution is -2.39. The van der Waals surface area contributed by atoms with E-state index in [1.807, 2.05) is 31.2 Å². The molecule has 0 bridgehead atoms. The third-order valence-corrected chi connectivity index (χ3v) is 6.81. The van der Waals surface area contributed by atoms with Crippen LogP contribution in [0.5, 0.6) is 11.5 Å². The lowest BCUT2D eigenvalue weighted by atomic mass is 9.97. The number of piperidine rings is 1.